The van der Waals surface area contributed by atoms with E-state index in [2.05, 4.69) is 197 Å². The molecule has 5 N–H and O–H groups in total. The first-order valence-corrected chi connectivity index (χ1v) is 31.2. The van der Waals surface area contributed by atoms with Gasteiger partial charge in [-0.3, -0.25) is 25.4 Å². The predicted octanol–water partition coefficient (Wildman–Crippen LogP) is 20.6. The van der Waals surface area contributed by atoms with Crippen LogP contribution in [-0.4, -0.2) is 48.5 Å². The number of amidine groups is 3. The Labute approximate surface area is 535 Å². The number of hydrogen-bond acceptors (Lipinski definition) is 3. The number of para-hydroxylation sites is 4. The third-order valence-electron chi connectivity index (χ3n) is 16.3. The van der Waals surface area contributed by atoms with Crippen molar-refractivity contribution in [2.75, 3.05) is 0 Å². The summed E-state index contributed by atoms with van der Waals surface area (Å²) < 4.78 is 8.98. The zero-order valence-electron chi connectivity index (χ0n) is 52.1. The SMILES string of the molecule is CC.CC.Cc1ccccc1.N=C(N)c1ccccc1.N=Cn1c2ccccc2c2ccc3c4cc(-c5ccc6c(c5)c5ccc7c8ccccc8n(C=NC(=NC(=N)c8ccccc8)c8ccccc8)c7c5n6-c5ccccc5)ccc4n(-c4ccccc4)c3c21. The number of nitrogen functional groups attached to an aromatic ring is 1. The molecule has 4 aromatic heterocycles. The van der Waals surface area contributed by atoms with Crippen molar-refractivity contribution in [2.45, 2.75) is 34.6 Å². The lowest BCUT2D eigenvalue weighted by atomic mass is 10.00. The van der Waals surface area contributed by atoms with Crippen molar-refractivity contribution in [2.24, 2.45) is 15.7 Å². The third kappa shape index (κ3) is 11.4. The van der Waals surface area contributed by atoms with Crippen LogP contribution in [0.2, 0.25) is 0 Å². The van der Waals surface area contributed by atoms with Gasteiger partial charge < -0.3 is 14.9 Å². The van der Waals surface area contributed by atoms with Crippen molar-refractivity contribution in [1.29, 1.82) is 16.2 Å². The molecule has 16 aromatic rings. The highest BCUT2D eigenvalue weighted by Crippen LogP contribution is 2.44. The van der Waals surface area contributed by atoms with Gasteiger partial charge in [-0.15, -0.1) is 0 Å². The standard InChI is InChI=1S/C64H42N8.C7H8N2.C7H8.2C2H6/c65-39-69-55-27-15-13-25-47(55)49-31-33-51-53-37-43(29-35-57(53)71(61(51)59(49)69)45-21-9-3-10-22-45)44-30-36-58-54(38-44)52-34-32-50-48-26-14-16-28-56(48)70(60(50)62(52)72(58)46-23-11-4-12-24-46)40-67-64(42-19-7-2-8-20-42)68-63(66)41-17-5-1-6-18-41;8-7(9)6-4-2-1-3-5-6;1-7-5-3-2-4-6-7;2*1-2/h1-40,65-66H;1-5H,(H3,8,9);2-6H,1H3;2*1-2H3. The zero-order valence-corrected chi connectivity index (χ0v) is 52.1. The van der Waals surface area contributed by atoms with E-state index < -0.39 is 0 Å². The van der Waals surface area contributed by atoms with E-state index in [1.807, 2.05) is 154 Å². The molecule has 0 aliphatic carbocycles. The Kier molecular flexibility index (Phi) is 17.8. The van der Waals surface area contributed by atoms with Gasteiger partial charge in [0.05, 0.1) is 50.5 Å². The maximum Gasteiger partial charge on any atom is 0.163 e. The van der Waals surface area contributed by atoms with Crippen LogP contribution in [-0.2, 0) is 0 Å². The summed E-state index contributed by atoms with van der Waals surface area (Å²) in [4.78, 5) is 9.98. The summed E-state index contributed by atoms with van der Waals surface area (Å²) in [7, 11) is 0. The van der Waals surface area contributed by atoms with Crippen LogP contribution in [0.15, 0.2) is 301 Å². The molecule has 0 atom stereocenters. The van der Waals surface area contributed by atoms with Gasteiger partial charge >= 0.3 is 0 Å². The summed E-state index contributed by atoms with van der Waals surface area (Å²) in [6, 6.07) is 99.7. The molecule has 0 bridgehead atoms. The smallest absolute Gasteiger partial charge is 0.163 e. The molecular weight excluding hydrogens is 1120 g/mol. The van der Waals surface area contributed by atoms with Gasteiger partial charge in [0.2, 0.25) is 0 Å². The number of fused-ring (bicyclic) bond motifs is 14. The largest absolute Gasteiger partial charge is 0.384 e. The Bertz CT molecular complexity index is 5370. The van der Waals surface area contributed by atoms with Crippen LogP contribution < -0.4 is 5.73 Å². The molecule has 0 radical (unpaired) electrons. The van der Waals surface area contributed by atoms with Crippen LogP contribution in [0.3, 0.4) is 0 Å². The summed E-state index contributed by atoms with van der Waals surface area (Å²) in [5.41, 5.74) is 21.6. The summed E-state index contributed by atoms with van der Waals surface area (Å²) in [6.45, 7) is 10.1. The fraction of sp³-hybridized carbons (Fsp3) is 0.0610. The summed E-state index contributed by atoms with van der Waals surface area (Å²) >= 11 is 0. The molecule has 0 aliphatic heterocycles. The molecule has 0 fully saturated rings. The molecule has 16 rings (SSSR count). The summed E-state index contributed by atoms with van der Waals surface area (Å²) in [5, 5.41) is 33.6. The van der Waals surface area contributed by atoms with Crippen molar-refractivity contribution >= 4 is 117 Å². The number of hydrogen-bond donors (Lipinski definition) is 4. The predicted molar refractivity (Wildman–Crippen MR) is 392 cm³/mol. The number of aryl methyl sites for hydroxylation is 1. The number of aromatic nitrogens is 4. The van der Waals surface area contributed by atoms with Gasteiger partial charge in [0.1, 0.15) is 12.2 Å². The van der Waals surface area contributed by atoms with E-state index in [0.29, 0.717) is 5.84 Å². The van der Waals surface area contributed by atoms with Crippen molar-refractivity contribution in [3.05, 3.63) is 313 Å². The summed E-state index contributed by atoms with van der Waals surface area (Å²) in [5.74, 6) is 0.707. The Balaban J connectivity index is 0.000000354. The van der Waals surface area contributed by atoms with Crippen molar-refractivity contribution in [1.82, 2.24) is 18.3 Å². The fourth-order valence-electron chi connectivity index (χ4n) is 12.3. The molecule has 448 valence electrons. The molecular formula is C82H70N10. The topological polar surface area (TPSA) is 142 Å². The normalized spacial score (nSPS) is 11.3. The minimum atomic E-state index is 0.121. The van der Waals surface area contributed by atoms with Gasteiger partial charge in [0.25, 0.3) is 0 Å². The monoisotopic (exact) mass is 1190 g/mol. The van der Waals surface area contributed by atoms with Crippen molar-refractivity contribution in [3.8, 4) is 22.5 Å². The molecule has 12 aromatic carbocycles. The van der Waals surface area contributed by atoms with E-state index in [0.717, 1.165) is 126 Å². The molecule has 0 unspecified atom stereocenters. The van der Waals surface area contributed by atoms with E-state index in [4.69, 9.17) is 31.9 Å². The van der Waals surface area contributed by atoms with E-state index >= 15 is 0 Å². The zero-order chi connectivity index (χ0) is 63.7. The van der Waals surface area contributed by atoms with Gasteiger partial charge in [0.15, 0.2) is 11.7 Å². The first kappa shape index (κ1) is 60.3. The van der Waals surface area contributed by atoms with Gasteiger partial charge in [-0.2, -0.15) is 0 Å². The molecule has 92 heavy (non-hydrogen) atoms. The van der Waals surface area contributed by atoms with Crippen LogP contribution in [0.1, 0.15) is 49.9 Å². The first-order chi connectivity index (χ1) is 45.3. The van der Waals surface area contributed by atoms with Gasteiger partial charge in [-0.1, -0.05) is 264 Å². The number of aliphatic imine (C=N–C) groups is 2. The first-order valence-electron chi connectivity index (χ1n) is 31.2. The lowest BCUT2D eigenvalue weighted by molar-refractivity contribution is 1.17. The molecule has 0 aliphatic rings. The Morgan fingerprint density at radius 2 is 0.728 bits per heavy atom. The second kappa shape index (κ2) is 27.2. The van der Waals surface area contributed by atoms with Gasteiger partial charge in [-0.05, 0) is 78.7 Å². The minimum absolute atomic E-state index is 0.121. The van der Waals surface area contributed by atoms with Crippen LogP contribution >= 0.6 is 0 Å². The Morgan fingerprint density at radius 1 is 0.359 bits per heavy atom. The van der Waals surface area contributed by atoms with Gasteiger partial charge in [0, 0.05) is 71.2 Å². The van der Waals surface area contributed by atoms with Crippen LogP contribution in [0, 0.1) is 23.2 Å². The van der Waals surface area contributed by atoms with E-state index in [9.17, 15) is 0 Å². The number of nitrogens with one attached hydrogen (secondary N) is 3. The number of benzene rings is 12. The number of nitrogens with zero attached hydrogens (tertiary/aromatic N) is 6. The Hall–Kier alpha value is -12.0. The maximum atomic E-state index is 8.99. The van der Waals surface area contributed by atoms with E-state index in [1.165, 1.54) is 11.9 Å². The fourth-order valence-corrected chi connectivity index (χ4v) is 12.3. The lowest BCUT2D eigenvalue weighted by Gasteiger charge is -2.11. The second-order valence-corrected chi connectivity index (χ2v) is 21.6. The van der Waals surface area contributed by atoms with Crippen molar-refractivity contribution in [3.63, 3.8) is 0 Å². The average molecular weight is 1200 g/mol. The van der Waals surface area contributed by atoms with Crippen LogP contribution in [0.4, 0.5) is 0 Å². The molecule has 0 saturated heterocycles. The molecule has 10 heteroatoms. The van der Waals surface area contributed by atoms with Crippen molar-refractivity contribution < 1.29 is 0 Å². The third-order valence-corrected chi connectivity index (χ3v) is 16.3. The lowest BCUT2D eigenvalue weighted by Crippen LogP contribution is -2.10. The average Bonchev–Trinajstić information content (AvgIpc) is 1.56. The van der Waals surface area contributed by atoms with Crippen LogP contribution in [0.25, 0.3) is 110 Å². The molecule has 0 amide bonds. The highest BCUT2D eigenvalue weighted by molar-refractivity contribution is 6.27. The Morgan fingerprint density at radius 3 is 1.14 bits per heavy atom. The number of rotatable bonds is 8. The maximum absolute atomic E-state index is 8.99. The highest BCUT2D eigenvalue weighted by Gasteiger charge is 2.23. The minimum Gasteiger partial charge on any atom is -0.384 e. The van der Waals surface area contributed by atoms with Gasteiger partial charge in [-0.25, -0.2) is 9.98 Å². The molecule has 10 nitrogen and oxygen atoms in total. The number of nitrogens with two attached hydrogens (primary N) is 1. The molecule has 0 spiro atoms. The molecule has 4 heterocycles. The van der Waals surface area contributed by atoms with Crippen LogP contribution in [0.5, 0.6) is 0 Å². The second-order valence-electron chi connectivity index (χ2n) is 21.6. The molecule has 0 saturated carbocycles. The quantitative estimate of drug-likeness (QED) is 0.0873. The highest BCUT2D eigenvalue weighted by atomic mass is 15.1. The van der Waals surface area contributed by atoms with E-state index in [1.54, 1.807) is 0 Å². The van der Waals surface area contributed by atoms with E-state index in [-0.39, 0.29) is 11.7 Å². The summed E-state index contributed by atoms with van der Waals surface area (Å²) in [6.07, 6.45) is 3.32.